The lowest BCUT2D eigenvalue weighted by Crippen LogP contribution is -2.25. The Kier molecular flexibility index (Phi) is 4.22. The second-order valence-corrected chi connectivity index (χ2v) is 6.00. The third kappa shape index (κ3) is 3.09. The van der Waals surface area contributed by atoms with Gasteiger partial charge in [0.1, 0.15) is 0 Å². The predicted octanol–water partition coefficient (Wildman–Crippen LogP) is 3.54. The zero-order chi connectivity index (χ0) is 14.8. The Hall–Kier alpha value is -1.46. The summed E-state index contributed by atoms with van der Waals surface area (Å²) in [6.07, 6.45) is 4.86. The van der Waals surface area contributed by atoms with E-state index >= 15 is 0 Å². The Morgan fingerprint density at radius 1 is 1.00 bits per heavy atom. The van der Waals surface area contributed by atoms with Crippen molar-refractivity contribution in [1.29, 1.82) is 0 Å². The first kappa shape index (κ1) is 14.5. The zero-order valence-electron chi connectivity index (χ0n) is 11.6. The Morgan fingerprint density at radius 3 is 2.38 bits per heavy atom. The molecule has 1 aromatic heterocycles. The van der Waals surface area contributed by atoms with Gasteiger partial charge in [0.05, 0.1) is 15.7 Å². The van der Waals surface area contributed by atoms with Crippen LogP contribution in [-0.4, -0.2) is 27.9 Å². The van der Waals surface area contributed by atoms with E-state index in [1.54, 1.807) is 16.8 Å². The van der Waals surface area contributed by atoms with Gasteiger partial charge in [0.2, 0.25) is 11.9 Å². The van der Waals surface area contributed by atoms with E-state index in [0.29, 0.717) is 21.9 Å². The van der Waals surface area contributed by atoms with E-state index in [2.05, 4.69) is 15.0 Å². The molecule has 1 fully saturated rings. The van der Waals surface area contributed by atoms with Crippen molar-refractivity contribution in [2.75, 3.05) is 23.7 Å². The van der Waals surface area contributed by atoms with Crippen molar-refractivity contribution in [3.63, 3.8) is 0 Å². The molecule has 0 radical (unpaired) electrons. The van der Waals surface area contributed by atoms with Gasteiger partial charge in [-0.25, -0.2) is 0 Å². The summed E-state index contributed by atoms with van der Waals surface area (Å²) in [6, 6.07) is 5.29. The molecule has 0 unspecified atom stereocenters. The molecule has 3 rings (SSSR count). The number of nitrogen functional groups attached to an aromatic ring is 1. The van der Waals surface area contributed by atoms with E-state index in [1.165, 1.54) is 25.7 Å². The highest BCUT2D eigenvalue weighted by atomic mass is 35.5. The lowest BCUT2D eigenvalue weighted by atomic mass is 10.2. The average Bonchev–Trinajstić information content (AvgIpc) is 2.69. The summed E-state index contributed by atoms with van der Waals surface area (Å²) >= 11 is 12.0. The topological polar surface area (TPSA) is 60.0 Å². The summed E-state index contributed by atoms with van der Waals surface area (Å²) in [5.41, 5.74) is 6.75. The standard InChI is InChI=1S/C14H17Cl2N5/c15-11-6-5-10(9-12(11)16)21-13(17)18-14(19-21)20-7-3-1-2-4-8-20/h5-6,9H,1-4,7-8H2,(H2,17,18,19). The molecule has 0 saturated carbocycles. The highest BCUT2D eigenvalue weighted by Crippen LogP contribution is 2.26. The Balaban J connectivity index is 1.91. The highest BCUT2D eigenvalue weighted by molar-refractivity contribution is 6.42. The zero-order valence-corrected chi connectivity index (χ0v) is 13.1. The van der Waals surface area contributed by atoms with Crippen LogP contribution in [0.3, 0.4) is 0 Å². The van der Waals surface area contributed by atoms with Crippen LogP contribution in [0.5, 0.6) is 0 Å². The van der Waals surface area contributed by atoms with Crippen LogP contribution in [0, 0.1) is 0 Å². The molecule has 2 heterocycles. The molecule has 0 aliphatic carbocycles. The Labute approximate surface area is 133 Å². The first-order valence-electron chi connectivity index (χ1n) is 7.08. The van der Waals surface area contributed by atoms with Crippen LogP contribution in [0.1, 0.15) is 25.7 Å². The summed E-state index contributed by atoms with van der Waals surface area (Å²) < 4.78 is 1.60. The molecule has 0 bridgehead atoms. The molecule has 5 nitrogen and oxygen atoms in total. The molecule has 2 aromatic rings. The largest absolute Gasteiger partial charge is 0.368 e. The molecule has 1 saturated heterocycles. The van der Waals surface area contributed by atoms with Gasteiger partial charge in [-0.15, -0.1) is 5.10 Å². The summed E-state index contributed by atoms with van der Waals surface area (Å²) in [5, 5.41) is 5.50. The average molecular weight is 326 g/mol. The summed E-state index contributed by atoms with van der Waals surface area (Å²) in [5.74, 6) is 1.04. The van der Waals surface area contributed by atoms with Crippen molar-refractivity contribution >= 4 is 35.1 Å². The number of anilines is 2. The van der Waals surface area contributed by atoms with Crippen LogP contribution < -0.4 is 10.6 Å². The van der Waals surface area contributed by atoms with Crippen molar-refractivity contribution in [1.82, 2.24) is 14.8 Å². The molecule has 21 heavy (non-hydrogen) atoms. The first-order valence-corrected chi connectivity index (χ1v) is 7.83. The smallest absolute Gasteiger partial charge is 0.246 e. The summed E-state index contributed by atoms with van der Waals surface area (Å²) in [6.45, 7) is 1.95. The van der Waals surface area contributed by atoms with Crippen molar-refractivity contribution in [3.8, 4) is 5.69 Å². The number of hydrogen-bond acceptors (Lipinski definition) is 4. The maximum absolute atomic E-state index is 6.05. The minimum atomic E-state index is 0.354. The van der Waals surface area contributed by atoms with Crippen molar-refractivity contribution in [2.24, 2.45) is 0 Å². The van der Waals surface area contributed by atoms with Crippen LogP contribution in [0.25, 0.3) is 5.69 Å². The number of nitrogens with two attached hydrogens (primary N) is 1. The maximum Gasteiger partial charge on any atom is 0.246 e. The minimum Gasteiger partial charge on any atom is -0.368 e. The maximum atomic E-state index is 6.05. The summed E-state index contributed by atoms with van der Waals surface area (Å²) in [4.78, 5) is 6.58. The van der Waals surface area contributed by atoms with E-state index in [-0.39, 0.29) is 0 Å². The lowest BCUT2D eigenvalue weighted by Gasteiger charge is -2.17. The molecule has 112 valence electrons. The van der Waals surface area contributed by atoms with E-state index in [0.717, 1.165) is 18.8 Å². The quantitative estimate of drug-likeness (QED) is 0.917. The van der Waals surface area contributed by atoms with Crippen LogP contribution in [0.2, 0.25) is 10.0 Å². The second kappa shape index (κ2) is 6.12. The Bertz CT molecular complexity index is 632. The Morgan fingerprint density at radius 2 is 1.71 bits per heavy atom. The van der Waals surface area contributed by atoms with Gasteiger partial charge in [-0.05, 0) is 31.0 Å². The molecule has 1 aliphatic rings. The normalized spacial score (nSPS) is 16.0. The fraction of sp³-hybridized carbons (Fsp3) is 0.429. The SMILES string of the molecule is Nc1nc(N2CCCCCC2)nn1-c1ccc(Cl)c(Cl)c1. The highest BCUT2D eigenvalue weighted by Gasteiger charge is 2.17. The molecular formula is C14H17Cl2N5. The molecule has 0 atom stereocenters. The molecular weight excluding hydrogens is 309 g/mol. The molecule has 0 amide bonds. The van der Waals surface area contributed by atoms with Crippen molar-refractivity contribution in [3.05, 3.63) is 28.2 Å². The molecule has 1 aromatic carbocycles. The van der Waals surface area contributed by atoms with Gasteiger partial charge in [0, 0.05) is 13.1 Å². The van der Waals surface area contributed by atoms with Crippen LogP contribution in [0.15, 0.2) is 18.2 Å². The number of benzene rings is 1. The van der Waals surface area contributed by atoms with Gasteiger partial charge in [0.25, 0.3) is 0 Å². The van der Waals surface area contributed by atoms with Crippen molar-refractivity contribution in [2.45, 2.75) is 25.7 Å². The van der Waals surface area contributed by atoms with Gasteiger partial charge in [-0.3, -0.25) is 0 Å². The first-order chi connectivity index (χ1) is 10.1. The number of rotatable bonds is 2. The second-order valence-electron chi connectivity index (χ2n) is 5.18. The number of hydrogen-bond donors (Lipinski definition) is 1. The van der Waals surface area contributed by atoms with E-state index in [9.17, 15) is 0 Å². The molecule has 1 aliphatic heterocycles. The van der Waals surface area contributed by atoms with Gasteiger partial charge < -0.3 is 10.6 Å². The lowest BCUT2D eigenvalue weighted by molar-refractivity contribution is 0.726. The summed E-state index contributed by atoms with van der Waals surface area (Å²) in [7, 11) is 0. The van der Waals surface area contributed by atoms with Crippen LogP contribution in [-0.2, 0) is 0 Å². The third-order valence-corrected chi connectivity index (χ3v) is 4.40. The van der Waals surface area contributed by atoms with Gasteiger partial charge >= 0.3 is 0 Å². The third-order valence-electron chi connectivity index (χ3n) is 3.66. The number of nitrogens with zero attached hydrogens (tertiary/aromatic N) is 4. The molecule has 0 spiro atoms. The van der Waals surface area contributed by atoms with Crippen molar-refractivity contribution < 1.29 is 0 Å². The van der Waals surface area contributed by atoms with Crippen LogP contribution in [0.4, 0.5) is 11.9 Å². The fourth-order valence-electron chi connectivity index (χ4n) is 2.52. The van der Waals surface area contributed by atoms with Gasteiger partial charge in [0.15, 0.2) is 0 Å². The predicted molar refractivity (Wildman–Crippen MR) is 86.5 cm³/mol. The van der Waals surface area contributed by atoms with Gasteiger partial charge in [-0.1, -0.05) is 36.0 Å². The van der Waals surface area contributed by atoms with E-state index in [1.807, 2.05) is 6.07 Å². The molecule has 2 N–H and O–H groups in total. The molecule has 7 heteroatoms. The minimum absolute atomic E-state index is 0.354. The van der Waals surface area contributed by atoms with Gasteiger partial charge in [-0.2, -0.15) is 9.67 Å². The van der Waals surface area contributed by atoms with Crippen LogP contribution >= 0.6 is 23.2 Å². The van der Waals surface area contributed by atoms with E-state index in [4.69, 9.17) is 28.9 Å². The number of halogens is 2. The van der Waals surface area contributed by atoms with E-state index < -0.39 is 0 Å². The monoisotopic (exact) mass is 325 g/mol. The fourth-order valence-corrected chi connectivity index (χ4v) is 2.82. The number of aromatic nitrogens is 3.